The van der Waals surface area contributed by atoms with Crippen molar-refractivity contribution in [1.82, 2.24) is 10.3 Å². The van der Waals surface area contributed by atoms with Crippen molar-refractivity contribution in [2.24, 2.45) is 0 Å². The van der Waals surface area contributed by atoms with Crippen molar-refractivity contribution in [2.75, 3.05) is 6.54 Å². The van der Waals surface area contributed by atoms with Gasteiger partial charge in [0.25, 0.3) is 0 Å². The Morgan fingerprint density at radius 1 is 1.20 bits per heavy atom. The first-order valence-corrected chi connectivity index (χ1v) is 6.47. The largest absolute Gasteiger partial charge is 0.454 e. The Bertz CT molecular complexity index is 576. The number of nitrogens with zero attached hydrogens (tertiary/aromatic N) is 1. The van der Waals surface area contributed by atoms with Gasteiger partial charge < -0.3 is 10.1 Å². The highest BCUT2D eigenvalue weighted by atomic mass is 19.1. The van der Waals surface area contributed by atoms with E-state index in [-0.39, 0.29) is 5.75 Å². The first-order valence-electron chi connectivity index (χ1n) is 6.47. The van der Waals surface area contributed by atoms with Crippen LogP contribution in [0, 0.1) is 11.6 Å². The van der Waals surface area contributed by atoms with Gasteiger partial charge in [0.1, 0.15) is 11.6 Å². The van der Waals surface area contributed by atoms with E-state index in [9.17, 15) is 8.78 Å². The molecule has 0 unspecified atom stereocenters. The zero-order chi connectivity index (χ0) is 14.4. The lowest BCUT2D eigenvalue weighted by molar-refractivity contribution is 0.431. The normalized spacial score (nSPS) is 10.6. The summed E-state index contributed by atoms with van der Waals surface area (Å²) in [6.45, 7) is 3.53. The number of hydrogen-bond donors (Lipinski definition) is 1. The van der Waals surface area contributed by atoms with E-state index in [1.165, 1.54) is 6.07 Å². The summed E-state index contributed by atoms with van der Waals surface area (Å²) in [6.07, 6.45) is 4.25. The molecule has 0 fully saturated rings. The van der Waals surface area contributed by atoms with Crippen LogP contribution in [0.3, 0.4) is 0 Å². The fourth-order valence-corrected chi connectivity index (χ4v) is 1.72. The predicted molar refractivity (Wildman–Crippen MR) is 72.7 cm³/mol. The van der Waals surface area contributed by atoms with E-state index in [2.05, 4.69) is 17.2 Å². The molecule has 0 bridgehead atoms. The molecule has 0 amide bonds. The van der Waals surface area contributed by atoms with Gasteiger partial charge in [-0.3, -0.25) is 4.98 Å². The van der Waals surface area contributed by atoms with Crippen LogP contribution in [0.1, 0.15) is 18.9 Å². The smallest absolute Gasteiger partial charge is 0.168 e. The molecular formula is C15H16F2N2O. The Balaban J connectivity index is 2.16. The summed E-state index contributed by atoms with van der Waals surface area (Å²) < 4.78 is 31.9. The molecule has 2 aromatic rings. The second-order valence-corrected chi connectivity index (χ2v) is 4.34. The summed E-state index contributed by atoms with van der Waals surface area (Å²) in [6, 6.07) is 4.89. The molecule has 0 saturated carbocycles. The van der Waals surface area contributed by atoms with E-state index in [0.717, 1.165) is 30.7 Å². The maximum absolute atomic E-state index is 13.6. The van der Waals surface area contributed by atoms with Crippen LogP contribution in [0.5, 0.6) is 11.5 Å². The Kier molecular flexibility index (Phi) is 5.01. The number of hydrogen-bond acceptors (Lipinski definition) is 3. The molecular weight excluding hydrogens is 262 g/mol. The van der Waals surface area contributed by atoms with Crippen LogP contribution in [-0.2, 0) is 6.54 Å². The van der Waals surface area contributed by atoms with E-state index in [1.807, 2.05) is 0 Å². The SMILES string of the molecule is CCCNCc1cnccc1Oc1ccc(F)cc1F. The van der Waals surface area contributed by atoms with E-state index in [0.29, 0.717) is 12.3 Å². The fraction of sp³-hybridized carbons (Fsp3) is 0.267. The van der Waals surface area contributed by atoms with Gasteiger partial charge in [0.05, 0.1) is 0 Å². The minimum absolute atomic E-state index is 0.00524. The number of halogens is 2. The molecule has 0 saturated heterocycles. The maximum Gasteiger partial charge on any atom is 0.168 e. The van der Waals surface area contributed by atoms with Gasteiger partial charge >= 0.3 is 0 Å². The van der Waals surface area contributed by atoms with E-state index in [4.69, 9.17) is 4.74 Å². The molecule has 0 radical (unpaired) electrons. The number of benzene rings is 1. The topological polar surface area (TPSA) is 34.2 Å². The summed E-state index contributed by atoms with van der Waals surface area (Å²) in [5.74, 6) is -0.854. The molecule has 1 heterocycles. The van der Waals surface area contributed by atoms with Crippen molar-refractivity contribution in [1.29, 1.82) is 0 Å². The summed E-state index contributed by atoms with van der Waals surface area (Å²) in [5, 5.41) is 3.23. The van der Waals surface area contributed by atoms with Gasteiger partial charge in [0, 0.05) is 30.6 Å². The van der Waals surface area contributed by atoms with Gasteiger partial charge in [-0.25, -0.2) is 8.78 Å². The third-order valence-corrected chi connectivity index (χ3v) is 2.71. The van der Waals surface area contributed by atoms with Gasteiger partial charge in [-0.2, -0.15) is 0 Å². The molecule has 0 aliphatic carbocycles. The van der Waals surface area contributed by atoms with Crippen LogP contribution in [0.25, 0.3) is 0 Å². The van der Waals surface area contributed by atoms with Crippen LogP contribution in [-0.4, -0.2) is 11.5 Å². The summed E-state index contributed by atoms with van der Waals surface area (Å²) in [4.78, 5) is 4.03. The minimum Gasteiger partial charge on any atom is -0.454 e. The van der Waals surface area contributed by atoms with E-state index < -0.39 is 11.6 Å². The average Bonchev–Trinajstić information content (AvgIpc) is 2.44. The van der Waals surface area contributed by atoms with Crippen molar-refractivity contribution in [2.45, 2.75) is 19.9 Å². The van der Waals surface area contributed by atoms with Crippen LogP contribution >= 0.6 is 0 Å². The molecule has 0 aliphatic rings. The molecule has 0 atom stereocenters. The zero-order valence-corrected chi connectivity index (χ0v) is 11.2. The molecule has 3 nitrogen and oxygen atoms in total. The van der Waals surface area contributed by atoms with Gasteiger partial charge in [0.2, 0.25) is 0 Å². The zero-order valence-electron chi connectivity index (χ0n) is 11.2. The lowest BCUT2D eigenvalue weighted by Crippen LogP contribution is -2.14. The first-order chi connectivity index (χ1) is 9.70. The highest BCUT2D eigenvalue weighted by Crippen LogP contribution is 2.27. The number of rotatable bonds is 6. The quantitative estimate of drug-likeness (QED) is 0.819. The number of aromatic nitrogens is 1. The first kappa shape index (κ1) is 14.4. The second-order valence-electron chi connectivity index (χ2n) is 4.34. The lowest BCUT2D eigenvalue weighted by Gasteiger charge is -2.11. The molecule has 2 rings (SSSR count). The molecule has 5 heteroatoms. The predicted octanol–water partition coefficient (Wildman–Crippen LogP) is 3.65. The standard InChI is InChI=1S/C15H16F2N2O/c1-2-6-18-9-11-10-19-7-5-14(11)20-15-4-3-12(16)8-13(15)17/h3-5,7-8,10,18H,2,6,9H2,1H3. The maximum atomic E-state index is 13.6. The Labute approximate surface area is 116 Å². The Hall–Kier alpha value is -2.01. The molecule has 0 aliphatic heterocycles. The highest BCUT2D eigenvalue weighted by Gasteiger charge is 2.09. The fourth-order valence-electron chi connectivity index (χ4n) is 1.72. The number of ether oxygens (including phenoxy) is 1. The molecule has 1 aromatic carbocycles. The van der Waals surface area contributed by atoms with Gasteiger partial charge in [-0.1, -0.05) is 6.92 Å². The molecule has 106 valence electrons. The summed E-state index contributed by atoms with van der Waals surface area (Å²) in [7, 11) is 0. The summed E-state index contributed by atoms with van der Waals surface area (Å²) in [5.41, 5.74) is 0.824. The molecule has 0 spiro atoms. The highest BCUT2D eigenvalue weighted by molar-refractivity contribution is 5.36. The molecule has 1 aromatic heterocycles. The van der Waals surface area contributed by atoms with E-state index in [1.54, 1.807) is 18.5 Å². The third-order valence-electron chi connectivity index (χ3n) is 2.71. The number of pyridine rings is 1. The van der Waals surface area contributed by atoms with Crippen molar-refractivity contribution in [3.63, 3.8) is 0 Å². The monoisotopic (exact) mass is 278 g/mol. The van der Waals surface area contributed by atoms with Crippen LogP contribution in [0.4, 0.5) is 8.78 Å². The Morgan fingerprint density at radius 2 is 2.05 bits per heavy atom. The van der Waals surface area contributed by atoms with Crippen molar-refractivity contribution < 1.29 is 13.5 Å². The second kappa shape index (κ2) is 6.96. The minimum atomic E-state index is -0.728. The van der Waals surface area contributed by atoms with E-state index >= 15 is 0 Å². The average molecular weight is 278 g/mol. The van der Waals surface area contributed by atoms with Gasteiger partial charge in [0.15, 0.2) is 11.6 Å². The van der Waals surface area contributed by atoms with Gasteiger partial charge in [-0.15, -0.1) is 0 Å². The lowest BCUT2D eigenvalue weighted by atomic mass is 10.2. The van der Waals surface area contributed by atoms with Gasteiger partial charge in [-0.05, 0) is 31.2 Å². The van der Waals surface area contributed by atoms with Crippen molar-refractivity contribution in [3.8, 4) is 11.5 Å². The van der Waals surface area contributed by atoms with Crippen molar-refractivity contribution >= 4 is 0 Å². The summed E-state index contributed by atoms with van der Waals surface area (Å²) >= 11 is 0. The van der Waals surface area contributed by atoms with Crippen LogP contribution in [0.15, 0.2) is 36.7 Å². The third kappa shape index (κ3) is 3.74. The van der Waals surface area contributed by atoms with Crippen molar-refractivity contribution in [3.05, 3.63) is 53.9 Å². The Morgan fingerprint density at radius 3 is 2.80 bits per heavy atom. The number of nitrogens with one attached hydrogen (secondary N) is 1. The molecule has 20 heavy (non-hydrogen) atoms. The van der Waals surface area contributed by atoms with Crippen LogP contribution < -0.4 is 10.1 Å². The molecule has 1 N–H and O–H groups in total. The van der Waals surface area contributed by atoms with Crippen LogP contribution in [0.2, 0.25) is 0 Å².